The number of hydrogen-bond donors (Lipinski definition) is 5. The van der Waals surface area contributed by atoms with Crippen LogP contribution < -0.4 is 0 Å². The number of ether oxygens (including phenoxy) is 4. The summed E-state index contributed by atoms with van der Waals surface area (Å²) in [5.41, 5.74) is 1.59. The molecular formula is C43H54O18S2. The van der Waals surface area contributed by atoms with Gasteiger partial charge in [-0.1, -0.05) is 61.7 Å². The van der Waals surface area contributed by atoms with Crippen LogP contribution in [-0.4, -0.2) is 93.3 Å². The molecule has 4 saturated carbocycles. The van der Waals surface area contributed by atoms with Crippen molar-refractivity contribution in [3.63, 3.8) is 0 Å². The predicted molar refractivity (Wildman–Crippen MR) is 221 cm³/mol. The number of aliphatic carboxylic acids is 1. The van der Waals surface area contributed by atoms with E-state index in [-0.39, 0.29) is 72.5 Å². The van der Waals surface area contributed by atoms with Crippen molar-refractivity contribution in [1.29, 1.82) is 0 Å². The molecule has 1 spiro atoms. The first-order valence-corrected chi connectivity index (χ1v) is 22.3. The maximum absolute atomic E-state index is 13.5. The van der Waals surface area contributed by atoms with Gasteiger partial charge in [-0.3, -0.25) is 18.0 Å². The highest BCUT2D eigenvalue weighted by atomic mass is 32.2. The maximum atomic E-state index is 13.5. The van der Waals surface area contributed by atoms with E-state index in [9.17, 15) is 29.7 Å². The number of benzene rings is 2. The van der Waals surface area contributed by atoms with Crippen LogP contribution in [0.2, 0.25) is 0 Å². The number of esters is 2. The zero-order chi connectivity index (χ0) is 45.1. The zero-order valence-electron chi connectivity index (χ0n) is 35.0. The third kappa shape index (κ3) is 10.1. The molecule has 1 heterocycles. The number of carboxylic acid groups (broad SMARTS) is 1. The van der Waals surface area contributed by atoms with Crippen LogP contribution in [0, 0.1) is 40.4 Å². The van der Waals surface area contributed by atoms with Crippen LogP contribution >= 0.6 is 24.6 Å². The highest BCUT2D eigenvalue weighted by molar-refractivity contribution is 7.90. The number of fused-ring (bicyclic) bond motifs is 3. The second-order valence-electron chi connectivity index (χ2n) is 17.9. The Bertz CT molecular complexity index is 1920. The van der Waals surface area contributed by atoms with Crippen LogP contribution in [-0.2, 0) is 55.6 Å². The standard InChI is InChI=1S/C43H54O18S2/c1-22(2)17-34(45)55-37-36(57-63-61-59-51)35(56-62-60-58-50)32(21-52-40(49)26-7-5-24(6-8-26)25-9-12-28(44)13-10-25)54-41(37)53-29-18-30(39(47)48)31-15-16-43-19-27(23(3)38(43)46)11-14-33(43)42(31,4)20-29/h5-10,12-13,22,27,29-33,35-38,41,44,46,50-51H,3,11,14-21H2,1-2,4H3,(H,47,48)/t27?,29?,30?,31?,32-,33?,35+,36+,37?,38-,41+,42?,43?/m0/s1. The molecule has 4 aliphatic carbocycles. The van der Waals surface area contributed by atoms with Gasteiger partial charge in [-0.05, 0) is 115 Å². The first-order chi connectivity index (χ1) is 30.2. The van der Waals surface area contributed by atoms with E-state index < -0.39 is 84.2 Å². The van der Waals surface area contributed by atoms with Gasteiger partial charge in [-0.15, -0.1) is 8.67 Å². The number of carboxylic acids is 1. The van der Waals surface area contributed by atoms with Gasteiger partial charge in [-0.2, -0.15) is 0 Å². The third-order valence-electron chi connectivity index (χ3n) is 14.0. The lowest BCUT2D eigenvalue weighted by molar-refractivity contribution is -0.436. The number of aromatic hydroxyl groups is 1. The van der Waals surface area contributed by atoms with Crippen molar-refractivity contribution in [3.05, 3.63) is 66.2 Å². The van der Waals surface area contributed by atoms with E-state index in [1.807, 2.05) is 13.8 Å². The number of phenols is 1. The minimum atomic E-state index is -1.50. The van der Waals surface area contributed by atoms with Crippen molar-refractivity contribution in [2.45, 2.75) is 115 Å². The Morgan fingerprint density at radius 3 is 2.19 bits per heavy atom. The Balaban J connectivity index is 1.19. The molecule has 1 saturated heterocycles. The molecule has 8 unspecified atom stereocenters. The van der Waals surface area contributed by atoms with E-state index in [2.05, 4.69) is 32.2 Å². The molecule has 0 radical (unpaired) electrons. The van der Waals surface area contributed by atoms with Crippen molar-refractivity contribution in [2.75, 3.05) is 6.61 Å². The Labute approximate surface area is 372 Å². The van der Waals surface area contributed by atoms with E-state index in [0.29, 0.717) is 19.3 Å². The fourth-order valence-corrected chi connectivity index (χ4v) is 12.1. The number of aliphatic hydroxyl groups is 1. The average Bonchev–Trinajstić information content (AvgIpc) is 3.42. The predicted octanol–water partition coefficient (Wildman–Crippen LogP) is 7.27. The molecule has 0 aromatic heterocycles. The molecular weight excluding hydrogens is 869 g/mol. The van der Waals surface area contributed by atoms with Gasteiger partial charge in [0.2, 0.25) is 0 Å². The number of phenolic OH excluding ortho intramolecular Hbond substituents is 1. The van der Waals surface area contributed by atoms with E-state index in [1.54, 1.807) is 48.5 Å². The summed E-state index contributed by atoms with van der Waals surface area (Å²) >= 11 is 0.286. The maximum Gasteiger partial charge on any atom is 0.338 e. The summed E-state index contributed by atoms with van der Waals surface area (Å²) in [4.78, 5) is 40.1. The fraction of sp³-hybridized carbons (Fsp3) is 0.605. The summed E-state index contributed by atoms with van der Waals surface area (Å²) in [6.07, 6.45) is -4.39. The minimum Gasteiger partial charge on any atom is -0.508 e. The molecule has 7 rings (SSSR count). The first kappa shape index (κ1) is 47.6. The van der Waals surface area contributed by atoms with Gasteiger partial charge in [0.25, 0.3) is 0 Å². The highest BCUT2D eigenvalue weighted by Gasteiger charge is 2.67. The third-order valence-corrected chi connectivity index (χ3v) is 14.8. The molecule has 2 aromatic rings. The normalized spacial score (nSPS) is 34.8. The largest absolute Gasteiger partial charge is 0.508 e. The van der Waals surface area contributed by atoms with Gasteiger partial charge >= 0.3 is 17.9 Å². The second-order valence-corrected chi connectivity index (χ2v) is 18.8. The number of rotatable bonds is 18. The molecule has 5 aliphatic rings. The number of carbonyl (C=O) groups is 3. The van der Waals surface area contributed by atoms with Crippen LogP contribution in [0.25, 0.3) is 11.1 Å². The van der Waals surface area contributed by atoms with Gasteiger partial charge in [-0.25, -0.2) is 15.3 Å². The van der Waals surface area contributed by atoms with Gasteiger partial charge in [0.05, 0.1) is 23.7 Å². The average molecular weight is 923 g/mol. The van der Waals surface area contributed by atoms with Crippen molar-refractivity contribution in [3.8, 4) is 16.9 Å². The minimum absolute atomic E-state index is 0.0246. The first-order valence-electron chi connectivity index (χ1n) is 21.0. The molecule has 346 valence electrons. The van der Waals surface area contributed by atoms with Crippen LogP contribution in [0.15, 0.2) is 60.7 Å². The topological polar surface area (TPSA) is 245 Å². The molecule has 1 aliphatic heterocycles. The second kappa shape index (κ2) is 20.4. The monoisotopic (exact) mass is 922 g/mol. The lowest BCUT2D eigenvalue weighted by atomic mass is 9.43. The SMILES string of the molecule is C=C1C2CCC3C4(C)CC(O[C@@H]5O[C@@H](COC(=O)c6ccc(-c7ccc(O)cc7)cc6)[C@@H](OSOOO)[C@@H](OSOOO)C5OC(=O)CC(C)C)CC(C(=O)O)C4CCC3(C2)[C@H]1O. The molecule has 5 N–H and O–H groups in total. The molecule has 5 fully saturated rings. The molecule has 18 nitrogen and oxygen atoms in total. The van der Waals surface area contributed by atoms with Crippen LogP contribution in [0.3, 0.4) is 0 Å². The molecule has 0 amide bonds. The Morgan fingerprint density at radius 1 is 0.905 bits per heavy atom. The lowest BCUT2D eigenvalue weighted by Gasteiger charge is -2.62. The number of hydrogen-bond acceptors (Lipinski definition) is 19. The summed E-state index contributed by atoms with van der Waals surface area (Å²) in [5.74, 6) is -3.25. The van der Waals surface area contributed by atoms with Gasteiger partial charge < -0.3 is 34.3 Å². The van der Waals surface area contributed by atoms with Crippen molar-refractivity contribution >= 4 is 42.6 Å². The van der Waals surface area contributed by atoms with Gasteiger partial charge in [0.1, 0.15) is 30.7 Å². The van der Waals surface area contributed by atoms with E-state index in [1.165, 1.54) is 0 Å². The molecule has 63 heavy (non-hydrogen) atoms. The lowest BCUT2D eigenvalue weighted by Crippen LogP contribution is -2.63. The van der Waals surface area contributed by atoms with Crippen molar-refractivity contribution < 1.29 is 86.3 Å². The van der Waals surface area contributed by atoms with Crippen LogP contribution in [0.5, 0.6) is 5.75 Å². The quantitative estimate of drug-likeness (QED) is 0.0188. The van der Waals surface area contributed by atoms with Crippen molar-refractivity contribution in [2.24, 2.45) is 40.4 Å². The summed E-state index contributed by atoms with van der Waals surface area (Å²) in [5, 5.41) is 57.4. The molecule has 2 aromatic carbocycles. The zero-order valence-corrected chi connectivity index (χ0v) is 36.6. The Hall–Kier alpha value is -3.35. The highest BCUT2D eigenvalue weighted by Crippen LogP contribution is 2.70. The fourth-order valence-electron chi connectivity index (χ4n) is 11.4. The van der Waals surface area contributed by atoms with Gasteiger partial charge in [0, 0.05) is 11.8 Å². The summed E-state index contributed by atoms with van der Waals surface area (Å²) in [6.45, 7) is 9.47. The van der Waals surface area contributed by atoms with Crippen molar-refractivity contribution in [1.82, 2.24) is 0 Å². The van der Waals surface area contributed by atoms with E-state index in [4.69, 9.17) is 37.8 Å². The van der Waals surface area contributed by atoms with Crippen LogP contribution in [0.1, 0.15) is 82.5 Å². The van der Waals surface area contributed by atoms with Gasteiger partial charge in [0.15, 0.2) is 37.0 Å². The van der Waals surface area contributed by atoms with E-state index in [0.717, 1.165) is 36.0 Å². The summed E-state index contributed by atoms with van der Waals surface area (Å²) in [7, 11) is 0. The summed E-state index contributed by atoms with van der Waals surface area (Å²) < 4.78 is 45.7. The molecule has 2 bridgehead atoms. The Morgan fingerprint density at radius 2 is 1.56 bits per heavy atom. The smallest absolute Gasteiger partial charge is 0.338 e. The van der Waals surface area contributed by atoms with Crippen LogP contribution in [0.4, 0.5) is 0 Å². The summed E-state index contributed by atoms with van der Waals surface area (Å²) in [6, 6.07) is 13.1. The van der Waals surface area contributed by atoms with E-state index >= 15 is 0 Å². The number of carbonyl (C=O) groups excluding carboxylic acids is 2. The number of aliphatic hydroxyl groups excluding tert-OH is 1. The molecule has 20 heteroatoms. The molecule has 13 atom stereocenters. The Kier molecular flexibility index (Phi) is 15.4.